The maximum atomic E-state index is 13.6. The Hall–Kier alpha value is -2.70. The van der Waals surface area contributed by atoms with Crippen LogP contribution in [0.3, 0.4) is 0 Å². The monoisotopic (exact) mass is 424 g/mol. The second-order valence-electron chi connectivity index (χ2n) is 5.52. The summed E-state index contributed by atoms with van der Waals surface area (Å²) >= 11 is 11.7. The first kappa shape index (κ1) is 21.6. The van der Waals surface area contributed by atoms with Crippen LogP contribution < -0.4 is 10.6 Å². The molecule has 0 atom stereocenters. The average Bonchev–Trinajstić information content (AvgIpc) is 2.64. The van der Waals surface area contributed by atoms with Gasteiger partial charge in [-0.15, -0.1) is 0 Å². The van der Waals surface area contributed by atoms with Gasteiger partial charge in [-0.3, -0.25) is 9.59 Å². The van der Waals surface area contributed by atoms with Crippen molar-refractivity contribution < 1.29 is 18.4 Å². The van der Waals surface area contributed by atoms with Gasteiger partial charge < -0.3 is 10.6 Å². The van der Waals surface area contributed by atoms with E-state index in [9.17, 15) is 18.4 Å². The minimum atomic E-state index is -0.537. The molecule has 0 fully saturated rings. The van der Waals surface area contributed by atoms with E-state index in [1.165, 1.54) is 48.6 Å². The second-order valence-corrected chi connectivity index (χ2v) is 6.33. The topological polar surface area (TPSA) is 58.2 Å². The fraction of sp³-hybridized carbons (Fsp3) is 0.100. The van der Waals surface area contributed by atoms with Gasteiger partial charge in [0.2, 0.25) is 11.8 Å². The zero-order valence-electron chi connectivity index (χ0n) is 14.5. The standard InChI is InChI=1S/C20H16Cl2F2N2O2/c21-15-3-1-5-17(23)13(15)7-9-19(27)25-11-12-26-20(28)10-8-14-16(22)4-2-6-18(14)24/h1-10H,11-12H2,(H,25,27)(H,26,28). The Kier molecular flexibility index (Phi) is 8.17. The number of carbonyl (C=O) groups is 2. The Morgan fingerprint density at radius 3 is 1.54 bits per heavy atom. The molecule has 0 saturated carbocycles. The number of amides is 2. The van der Waals surface area contributed by atoms with E-state index < -0.39 is 23.4 Å². The molecule has 0 aliphatic carbocycles. The molecular weight excluding hydrogens is 409 g/mol. The van der Waals surface area contributed by atoms with E-state index in [2.05, 4.69) is 10.6 Å². The van der Waals surface area contributed by atoms with Crippen molar-refractivity contribution in [2.24, 2.45) is 0 Å². The molecule has 2 aromatic carbocycles. The molecule has 0 aliphatic heterocycles. The number of hydrogen-bond donors (Lipinski definition) is 2. The van der Waals surface area contributed by atoms with Crippen LogP contribution in [-0.4, -0.2) is 24.9 Å². The zero-order valence-corrected chi connectivity index (χ0v) is 16.0. The molecule has 0 bridgehead atoms. The summed E-state index contributed by atoms with van der Waals surface area (Å²) in [6.45, 7) is 0.294. The van der Waals surface area contributed by atoms with Crippen molar-refractivity contribution in [1.29, 1.82) is 0 Å². The molecule has 0 aromatic heterocycles. The number of hydrogen-bond acceptors (Lipinski definition) is 2. The minimum absolute atomic E-state index is 0.115. The van der Waals surface area contributed by atoms with E-state index in [1.54, 1.807) is 0 Å². The molecular formula is C20H16Cl2F2N2O2. The van der Waals surface area contributed by atoms with Gasteiger partial charge in [-0.25, -0.2) is 8.78 Å². The van der Waals surface area contributed by atoms with E-state index in [0.29, 0.717) is 0 Å². The molecule has 0 unspecified atom stereocenters. The van der Waals surface area contributed by atoms with Gasteiger partial charge in [0.05, 0.1) is 10.0 Å². The summed E-state index contributed by atoms with van der Waals surface area (Å²) in [7, 11) is 0. The van der Waals surface area contributed by atoms with Crippen molar-refractivity contribution in [3.8, 4) is 0 Å². The van der Waals surface area contributed by atoms with Crippen LogP contribution in [0.2, 0.25) is 10.0 Å². The van der Waals surface area contributed by atoms with Gasteiger partial charge in [0.15, 0.2) is 0 Å². The van der Waals surface area contributed by atoms with Crippen LogP contribution in [0.15, 0.2) is 48.6 Å². The molecule has 146 valence electrons. The Bertz CT molecular complexity index is 814. The smallest absolute Gasteiger partial charge is 0.244 e. The van der Waals surface area contributed by atoms with Crippen molar-refractivity contribution in [2.75, 3.05) is 13.1 Å². The summed E-state index contributed by atoms with van der Waals surface area (Å²) in [6, 6.07) is 8.43. The molecule has 0 spiro atoms. The number of halogens is 4. The Morgan fingerprint density at radius 2 is 1.18 bits per heavy atom. The van der Waals surface area contributed by atoms with E-state index in [1.807, 2.05) is 0 Å². The van der Waals surface area contributed by atoms with Crippen LogP contribution in [0.5, 0.6) is 0 Å². The highest BCUT2D eigenvalue weighted by Crippen LogP contribution is 2.21. The Balaban J connectivity index is 1.76. The first-order valence-corrected chi connectivity index (χ1v) is 8.94. The SMILES string of the molecule is O=C(C=Cc1c(F)cccc1Cl)NCCNC(=O)C=Cc1c(F)cccc1Cl. The number of benzene rings is 2. The molecule has 2 aromatic rings. The summed E-state index contributed by atoms with van der Waals surface area (Å²) in [5.41, 5.74) is 0.231. The molecule has 8 heteroatoms. The van der Waals surface area contributed by atoms with Crippen LogP contribution in [0.1, 0.15) is 11.1 Å². The first-order valence-electron chi connectivity index (χ1n) is 8.18. The summed E-state index contributed by atoms with van der Waals surface area (Å²) < 4.78 is 27.2. The van der Waals surface area contributed by atoms with Crippen LogP contribution in [-0.2, 0) is 9.59 Å². The molecule has 2 rings (SSSR count). The van der Waals surface area contributed by atoms with Crippen LogP contribution >= 0.6 is 23.2 Å². The molecule has 28 heavy (non-hydrogen) atoms. The van der Waals surface area contributed by atoms with Gasteiger partial charge in [-0.1, -0.05) is 35.3 Å². The average molecular weight is 425 g/mol. The van der Waals surface area contributed by atoms with Gasteiger partial charge in [0.25, 0.3) is 0 Å². The van der Waals surface area contributed by atoms with Crippen LogP contribution in [0, 0.1) is 11.6 Å². The van der Waals surface area contributed by atoms with E-state index in [0.717, 1.165) is 12.2 Å². The Morgan fingerprint density at radius 1 is 0.786 bits per heavy atom. The molecule has 2 amide bonds. The van der Waals surface area contributed by atoms with Gasteiger partial charge in [-0.05, 0) is 36.4 Å². The fourth-order valence-corrected chi connectivity index (χ4v) is 2.60. The summed E-state index contributed by atoms with van der Waals surface area (Å²) in [5.74, 6) is -2.01. The van der Waals surface area contributed by atoms with Crippen LogP contribution in [0.4, 0.5) is 8.78 Å². The minimum Gasteiger partial charge on any atom is -0.351 e. The van der Waals surface area contributed by atoms with Crippen molar-refractivity contribution in [3.63, 3.8) is 0 Å². The lowest BCUT2D eigenvalue weighted by atomic mass is 10.2. The van der Waals surface area contributed by atoms with Crippen molar-refractivity contribution in [2.45, 2.75) is 0 Å². The van der Waals surface area contributed by atoms with Crippen molar-refractivity contribution >= 4 is 47.2 Å². The molecule has 0 heterocycles. The quantitative estimate of drug-likeness (QED) is 0.516. The van der Waals surface area contributed by atoms with E-state index in [-0.39, 0.29) is 34.3 Å². The fourth-order valence-electron chi connectivity index (χ4n) is 2.15. The highest BCUT2D eigenvalue weighted by atomic mass is 35.5. The molecule has 4 nitrogen and oxygen atoms in total. The largest absolute Gasteiger partial charge is 0.351 e. The van der Waals surface area contributed by atoms with Gasteiger partial charge in [0, 0.05) is 36.4 Å². The molecule has 2 N–H and O–H groups in total. The van der Waals surface area contributed by atoms with Gasteiger partial charge in [-0.2, -0.15) is 0 Å². The van der Waals surface area contributed by atoms with Gasteiger partial charge >= 0.3 is 0 Å². The van der Waals surface area contributed by atoms with Crippen LogP contribution in [0.25, 0.3) is 12.2 Å². The summed E-state index contributed by atoms with van der Waals surface area (Å²) in [5, 5.41) is 5.44. The Labute approximate surface area is 170 Å². The number of carbonyl (C=O) groups excluding carboxylic acids is 2. The highest BCUT2D eigenvalue weighted by Gasteiger charge is 2.05. The molecule has 0 radical (unpaired) electrons. The third-order valence-electron chi connectivity index (χ3n) is 3.53. The van der Waals surface area contributed by atoms with Crippen molar-refractivity contribution in [1.82, 2.24) is 10.6 Å². The lowest BCUT2D eigenvalue weighted by molar-refractivity contribution is -0.118. The predicted octanol–water partition coefficient (Wildman–Crippen LogP) is 4.23. The lowest BCUT2D eigenvalue weighted by Crippen LogP contribution is -2.33. The third-order valence-corrected chi connectivity index (χ3v) is 4.18. The van der Waals surface area contributed by atoms with E-state index in [4.69, 9.17) is 23.2 Å². The predicted molar refractivity (Wildman–Crippen MR) is 107 cm³/mol. The van der Waals surface area contributed by atoms with Crippen molar-refractivity contribution in [3.05, 3.63) is 81.4 Å². The lowest BCUT2D eigenvalue weighted by Gasteiger charge is -2.04. The molecule has 0 saturated heterocycles. The number of nitrogens with one attached hydrogen (secondary N) is 2. The number of rotatable bonds is 7. The third kappa shape index (κ3) is 6.48. The van der Waals surface area contributed by atoms with Gasteiger partial charge in [0.1, 0.15) is 11.6 Å². The highest BCUT2D eigenvalue weighted by molar-refractivity contribution is 6.32. The molecule has 0 aliphatic rings. The summed E-state index contributed by atoms with van der Waals surface area (Å²) in [4.78, 5) is 23.4. The first-order chi connectivity index (χ1) is 13.4. The van der Waals surface area contributed by atoms with E-state index >= 15 is 0 Å². The maximum Gasteiger partial charge on any atom is 0.244 e. The maximum absolute atomic E-state index is 13.6. The summed E-state index contributed by atoms with van der Waals surface area (Å²) in [6.07, 6.45) is 4.83. The zero-order chi connectivity index (χ0) is 20.5. The second kappa shape index (κ2) is 10.6. The normalized spacial score (nSPS) is 11.1.